The SMILES string of the molecule is Cc1ccc(S(=O)(=O)n2cc(Br)c3ccnnc32)cc1. The van der Waals surface area contributed by atoms with Crippen molar-refractivity contribution in [1.29, 1.82) is 0 Å². The highest BCUT2D eigenvalue weighted by Gasteiger charge is 2.21. The van der Waals surface area contributed by atoms with Gasteiger partial charge >= 0.3 is 0 Å². The molecule has 3 aromatic rings. The first-order valence-electron chi connectivity index (χ1n) is 5.80. The minimum absolute atomic E-state index is 0.221. The summed E-state index contributed by atoms with van der Waals surface area (Å²) in [6.45, 7) is 1.91. The van der Waals surface area contributed by atoms with Crippen LogP contribution in [-0.4, -0.2) is 22.6 Å². The van der Waals surface area contributed by atoms with Crippen LogP contribution in [0.25, 0.3) is 11.0 Å². The molecule has 20 heavy (non-hydrogen) atoms. The Balaban J connectivity index is 2.27. The third-order valence-corrected chi connectivity index (χ3v) is 5.27. The summed E-state index contributed by atoms with van der Waals surface area (Å²) in [4.78, 5) is 0.221. The van der Waals surface area contributed by atoms with Crippen molar-refractivity contribution in [2.45, 2.75) is 11.8 Å². The first-order valence-corrected chi connectivity index (χ1v) is 8.04. The van der Waals surface area contributed by atoms with Crippen LogP contribution in [0.15, 0.2) is 52.1 Å². The number of hydrogen-bond acceptors (Lipinski definition) is 4. The predicted octanol–water partition coefficient (Wildman–Crippen LogP) is 2.74. The van der Waals surface area contributed by atoms with Gasteiger partial charge in [-0.2, -0.15) is 5.10 Å². The molecule has 1 aromatic carbocycles. The van der Waals surface area contributed by atoms with Crippen molar-refractivity contribution in [2.24, 2.45) is 0 Å². The van der Waals surface area contributed by atoms with Gasteiger partial charge in [0.1, 0.15) is 0 Å². The largest absolute Gasteiger partial charge is 0.269 e. The van der Waals surface area contributed by atoms with Crippen LogP contribution < -0.4 is 0 Å². The molecule has 0 bridgehead atoms. The van der Waals surface area contributed by atoms with Crippen molar-refractivity contribution in [3.05, 3.63) is 52.8 Å². The monoisotopic (exact) mass is 351 g/mol. The zero-order valence-electron chi connectivity index (χ0n) is 10.5. The summed E-state index contributed by atoms with van der Waals surface area (Å²) >= 11 is 3.34. The summed E-state index contributed by atoms with van der Waals surface area (Å²) in [5.74, 6) is 0. The number of rotatable bonds is 2. The number of aromatic nitrogens is 3. The second-order valence-electron chi connectivity index (χ2n) is 4.36. The van der Waals surface area contributed by atoms with Gasteiger partial charge in [0.15, 0.2) is 5.65 Å². The summed E-state index contributed by atoms with van der Waals surface area (Å²) < 4.78 is 27.1. The van der Waals surface area contributed by atoms with E-state index >= 15 is 0 Å². The fraction of sp³-hybridized carbons (Fsp3) is 0.0769. The van der Waals surface area contributed by atoms with Crippen LogP contribution in [0.1, 0.15) is 5.56 Å². The summed E-state index contributed by atoms with van der Waals surface area (Å²) in [7, 11) is -3.68. The molecule has 0 radical (unpaired) electrons. The van der Waals surface area contributed by atoms with Gasteiger partial charge in [0.2, 0.25) is 0 Å². The maximum absolute atomic E-state index is 12.6. The van der Waals surface area contributed by atoms with Gasteiger partial charge in [0.25, 0.3) is 10.0 Å². The molecule has 5 nitrogen and oxygen atoms in total. The molecular formula is C13H10BrN3O2S. The van der Waals surface area contributed by atoms with Gasteiger partial charge in [-0.15, -0.1) is 5.10 Å². The Kier molecular flexibility index (Phi) is 3.10. The highest BCUT2D eigenvalue weighted by molar-refractivity contribution is 9.10. The van der Waals surface area contributed by atoms with E-state index in [1.54, 1.807) is 30.3 Å². The minimum atomic E-state index is -3.68. The van der Waals surface area contributed by atoms with E-state index < -0.39 is 10.0 Å². The quantitative estimate of drug-likeness (QED) is 0.711. The second kappa shape index (κ2) is 4.68. The molecule has 2 aromatic heterocycles. The zero-order chi connectivity index (χ0) is 14.3. The number of aryl methyl sites for hydroxylation is 1. The number of fused-ring (bicyclic) bond motifs is 1. The van der Waals surface area contributed by atoms with Crippen molar-refractivity contribution in [1.82, 2.24) is 14.2 Å². The second-order valence-corrected chi connectivity index (χ2v) is 7.03. The van der Waals surface area contributed by atoms with Crippen molar-refractivity contribution >= 4 is 37.0 Å². The number of nitrogens with zero attached hydrogens (tertiary/aromatic N) is 3. The number of hydrogen-bond donors (Lipinski definition) is 0. The average Bonchev–Trinajstić information content (AvgIpc) is 2.78. The summed E-state index contributed by atoms with van der Waals surface area (Å²) in [6.07, 6.45) is 3.02. The van der Waals surface area contributed by atoms with Crippen molar-refractivity contribution in [2.75, 3.05) is 0 Å². The minimum Gasteiger partial charge on any atom is -0.221 e. The maximum Gasteiger partial charge on any atom is 0.269 e. The molecule has 0 spiro atoms. The normalized spacial score (nSPS) is 11.9. The molecule has 0 saturated heterocycles. The van der Waals surface area contributed by atoms with Crippen molar-refractivity contribution < 1.29 is 8.42 Å². The third kappa shape index (κ3) is 2.03. The summed E-state index contributed by atoms with van der Waals surface area (Å²) in [6, 6.07) is 8.41. The lowest BCUT2D eigenvalue weighted by Crippen LogP contribution is -2.12. The van der Waals surface area contributed by atoms with Crippen LogP contribution in [0, 0.1) is 6.92 Å². The predicted molar refractivity (Wildman–Crippen MR) is 79.0 cm³/mol. The van der Waals surface area contributed by atoms with E-state index in [9.17, 15) is 8.42 Å². The molecule has 7 heteroatoms. The van der Waals surface area contributed by atoms with E-state index in [0.717, 1.165) is 9.54 Å². The first-order chi connectivity index (χ1) is 9.50. The highest BCUT2D eigenvalue weighted by atomic mass is 79.9. The van der Waals surface area contributed by atoms with Gasteiger partial charge < -0.3 is 0 Å². The molecule has 0 unspecified atom stereocenters. The molecule has 0 aliphatic carbocycles. The van der Waals surface area contributed by atoms with Gasteiger partial charge in [-0.1, -0.05) is 17.7 Å². The van der Waals surface area contributed by atoms with E-state index in [0.29, 0.717) is 15.5 Å². The van der Waals surface area contributed by atoms with Crippen molar-refractivity contribution in [3.63, 3.8) is 0 Å². The molecule has 0 N–H and O–H groups in total. The lowest BCUT2D eigenvalue weighted by Gasteiger charge is -2.06. The number of halogens is 1. The zero-order valence-corrected chi connectivity index (χ0v) is 12.9. The smallest absolute Gasteiger partial charge is 0.221 e. The Morgan fingerprint density at radius 3 is 2.55 bits per heavy atom. The lowest BCUT2D eigenvalue weighted by atomic mass is 10.2. The fourth-order valence-electron chi connectivity index (χ4n) is 1.91. The Bertz CT molecular complexity index is 886. The number of benzene rings is 1. The van der Waals surface area contributed by atoms with Gasteiger partial charge in [0.05, 0.1) is 11.1 Å². The molecule has 0 aliphatic heterocycles. The van der Waals surface area contributed by atoms with E-state index in [1.807, 2.05) is 6.92 Å². The molecule has 0 aliphatic rings. The van der Waals surface area contributed by atoms with E-state index in [2.05, 4.69) is 26.1 Å². The van der Waals surface area contributed by atoms with Crippen molar-refractivity contribution in [3.8, 4) is 0 Å². The van der Waals surface area contributed by atoms with Crippen LogP contribution in [0.4, 0.5) is 0 Å². The third-order valence-electron chi connectivity index (χ3n) is 2.98. The van der Waals surface area contributed by atoms with Crippen LogP contribution in [0.3, 0.4) is 0 Å². The van der Waals surface area contributed by atoms with E-state index in [-0.39, 0.29) is 4.90 Å². The van der Waals surface area contributed by atoms with Gasteiger partial charge in [-0.25, -0.2) is 12.4 Å². The highest BCUT2D eigenvalue weighted by Crippen LogP contribution is 2.27. The van der Waals surface area contributed by atoms with E-state index in [4.69, 9.17) is 0 Å². The van der Waals surface area contributed by atoms with E-state index in [1.165, 1.54) is 12.4 Å². The Morgan fingerprint density at radius 1 is 1.15 bits per heavy atom. The standard InChI is InChI=1S/C13H10BrN3O2S/c1-9-2-4-10(5-3-9)20(18,19)17-8-12(14)11-6-7-15-16-13(11)17/h2-8H,1H3. The molecule has 0 atom stereocenters. The molecular weight excluding hydrogens is 342 g/mol. The molecule has 3 rings (SSSR count). The molecule has 0 amide bonds. The van der Waals surface area contributed by atoms with Gasteiger partial charge in [-0.3, -0.25) is 0 Å². The Morgan fingerprint density at radius 2 is 1.85 bits per heavy atom. The summed E-state index contributed by atoms with van der Waals surface area (Å²) in [5.41, 5.74) is 1.31. The summed E-state index contributed by atoms with van der Waals surface area (Å²) in [5, 5.41) is 8.37. The van der Waals surface area contributed by atoms with Gasteiger partial charge in [0, 0.05) is 16.1 Å². The van der Waals surface area contributed by atoms with Crippen LogP contribution in [0.5, 0.6) is 0 Å². The Labute approximate surface area is 124 Å². The first kappa shape index (κ1) is 13.3. The van der Waals surface area contributed by atoms with Crippen LogP contribution >= 0.6 is 15.9 Å². The fourth-order valence-corrected chi connectivity index (χ4v) is 3.88. The molecule has 102 valence electrons. The van der Waals surface area contributed by atoms with Crippen LogP contribution in [-0.2, 0) is 10.0 Å². The van der Waals surface area contributed by atoms with Gasteiger partial charge in [-0.05, 0) is 41.1 Å². The maximum atomic E-state index is 12.6. The van der Waals surface area contributed by atoms with Crippen LogP contribution in [0.2, 0.25) is 0 Å². The lowest BCUT2D eigenvalue weighted by molar-refractivity contribution is 0.588. The molecule has 0 saturated carbocycles. The Hall–Kier alpha value is -1.73. The average molecular weight is 352 g/mol. The molecule has 2 heterocycles. The molecule has 0 fully saturated rings. The topological polar surface area (TPSA) is 64.8 Å².